The lowest BCUT2D eigenvalue weighted by Gasteiger charge is -2.24. The Morgan fingerprint density at radius 3 is 2.62 bits per heavy atom. The standard InChI is InChI=1S/C18H29NO2/c1-13-5-8-16(18(2,3)4)17(11-13)21-10-9-15(12-20)19-14-6-7-14/h5,8,11,14-15,19-20H,6-7,9-10,12H2,1-4H3. The van der Waals surface area contributed by atoms with Gasteiger partial charge >= 0.3 is 0 Å². The van der Waals surface area contributed by atoms with Crippen LogP contribution in [0.5, 0.6) is 5.75 Å². The number of hydrogen-bond acceptors (Lipinski definition) is 3. The maximum absolute atomic E-state index is 9.41. The van der Waals surface area contributed by atoms with E-state index in [9.17, 15) is 5.11 Å². The lowest BCUT2D eigenvalue weighted by Crippen LogP contribution is -2.35. The first-order valence-electron chi connectivity index (χ1n) is 8.01. The van der Waals surface area contributed by atoms with Crippen molar-refractivity contribution in [3.63, 3.8) is 0 Å². The zero-order valence-electron chi connectivity index (χ0n) is 13.8. The van der Waals surface area contributed by atoms with Crippen LogP contribution in [0, 0.1) is 6.92 Å². The van der Waals surface area contributed by atoms with Gasteiger partial charge in [0.2, 0.25) is 0 Å². The van der Waals surface area contributed by atoms with Crippen molar-refractivity contribution >= 4 is 0 Å². The molecular formula is C18H29NO2. The predicted molar refractivity (Wildman–Crippen MR) is 87.0 cm³/mol. The molecule has 3 nitrogen and oxygen atoms in total. The molecule has 0 aromatic heterocycles. The summed E-state index contributed by atoms with van der Waals surface area (Å²) >= 11 is 0. The minimum atomic E-state index is 0.0751. The van der Waals surface area contributed by atoms with Gasteiger partial charge in [-0.25, -0.2) is 0 Å². The number of aliphatic hydroxyl groups is 1. The number of aryl methyl sites for hydroxylation is 1. The van der Waals surface area contributed by atoms with Crippen LogP contribution < -0.4 is 10.1 Å². The number of hydrogen-bond donors (Lipinski definition) is 2. The van der Waals surface area contributed by atoms with Crippen LogP contribution in [0.2, 0.25) is 0 Å². The highest BCUT2D eigenvalue weighted by Gasteiger charge is 2.24. The quantitative estimate of drug-likeness (QED) is 0.811. The van der Waals surface area contributed by atoms with Crippen LogP contribution in [0.4, 0.5) is 0 Å². The molecule has 21 heavy (non-hydrogen) atoms. The van der Waals surface area contributed by atoms with E-state index in [1.807, 2.05) is 0 Å². The Morgan fingerprint density at radius 2 is 2.05 bits per heavy atom. The zero-order valence-corrected chi connectivity index (χ0v) is 13.8. The maximum atomic E-state index is 9.41. The van der Waals surface area contributed by atoms with Crippen LogP contribution in [0.3, 0.4) is 0 Å². The second-order valence-corrected chi connectivity index (χ2v) is 7.21. The van der Waals surface area contributed by atoms with E-state index in [0.717, 1.165) is 12.2 Å². The van der Waals surface area contributed by atoms with Crippen LogP contribution in [-0.2, 0) is 5.41 Å². The first kappa shape index (κ1) is 16.3. The van der Waals surface area contributed by atoms with Crippen molar-refractivity contribution in [3.05, 3.63) is 29.3 Å². The molecule has 0 spiro atoms. The molecular weight excluding hydrogens is 262 g/mol. The predicted octanol–water partition coefficient (Wildman–Crippen LogP) is 3.17. The van der Waals surface area contributed by atoms with E-state index < -0.39 is 0 Å². The molecule has 1 fully saturated rings. The number of nitrogens with one attached hydrogen (secondary N) is 1. The summed E-state index contributed by atoms with van der Waals surface area (Å²) in [6.45, 7) is 9.52. The third-order valence-electron chi connectivity index (χ3n) is 3.94. The van der Waals surface area contributed by atoms with Crippen molar-refractivity contribution < 1.29 is 9.84 Å². The van der Waals surface area contributed by atoms with Crippen molar-refractivity contribution in [2.45, 2.75) is 64.5 Å². The van der Waals surface area contributed by atoms with Crippen LogP contribution in [-0.4, -0.2) is 30.4 Å². The summed E-state index contributed by atoms with van der Waals surface area (Å²) < 4.78 is 6.03. The molecule has 0 bridgehead atoms. The van der Waals surface area contributed by atoms with Crippen LogP contribution in [0.15, 0.2) is 18.2 Å². The van der Waals surface area contributed by atoms with Gasteiger partial charge < -0.3 is 15.2 Å². The van der Waals surface area contributed by atoms with Crippen molar-refractivity contribution in [3.8, 4) is 5.75 Å². The van der Waals surface area contributed by atoms with E-state index in [2.05, 4.69) is 51.2 Å². The first-order chi connectivity index (χ1) is 9.90. The van der Waals surface area contributed by atoms with Gasteiger partial charge in [0, 0.05) is 12.1 Å². The zero-order chi connectivity index (χ0) is 15.5. The Morgan fingerprint density at radius 1 is 1.33 bits per heavy atom. The molecule has 0 radical (unpaired) electrons. The molecule has 0 amide bonds. The number of ether oxygens (including phenoxy) is 1. The minimum Gasteiger partial charge on any atom is -0.493 e. The fraction of sp³-hybridized carbons (Fsp3) is 0.667. The summed E-state index contributed by atoms with van der Waals surface area (Å²) in [5, 5.41) is 12.9. The molecule has 2 rings (SSSR count). The second kappa shape index (κ2) is 6.80. The molecule has 1 atom stereocenters. The van der Waals surface area contributed by atoms with Gasteiger partial charge in [-0.05, 0) is 48.8 Å². The summed E-state index contributed by atoms with van der Waals surface area (Å²) in [4.78, 5) is 0. The van der Waals surface area contributed by atoms with Crippen molar-refractivity contribution in [2.75, 3.05) is 13.2 Å². The molecule has 1 aliphatic carbocycles. The van der Waals surface area contributed by atoms with Gasteiger partial charge in [-0.15, -0.1) is 0 Å². The molecule has 0 aliphatic heterocycles. The summed E-state index contributed by atoms with van der Waals surface area (Å²) in [5.74, 6) is 0.977. The van der Waals surface area contributed by atoms with Crippen LogP contribution in [0.1, 0.15) is 51.2 Å². The van der Waals surface area contributed by atoms with Gasteiger partial charge in [-0.3, -0.25) is 0 Å². The molecule has 0 saturated heterocycles. The first-order valence-corrected chi connectivity index (χ1v) is 8.01. The van der Waals surface area contributed by atoms with Gasteiger partial charge in [0.1, 0.15) is 5.75 Å². The maximum Gasteiger partial charge on any atom is 0.123 e. The Labute approximate surface area is 128 Å². The van der Waals surface area contributed by atoms with Gasteiger partial charge in [0.25, 0.3) is 0 Å². The topological polar surface area (TPSA) is 41.5 Å². The van der Waals surface area contributed by atoms with E-state index >= 15 is 0 Å². The summed E-state index contributed by atoms with van der Waals surface area (Å²) in [6, 6.07) is 7.18. The van der Waals surface area contributed by atoms with Gasteiger partial charge in [0.15, 0.2) is 0 Å². The number of aliphatic hydroxyl groups excluding tert-OH is 1. The van der Waals surface area contributed by atoms with Crippen molar-refractivity contribution in [1.82, 2.24) is 5.32 Å². The molecule has 1 unspecified atom stereocenters. The van der Waals surface area contributed by atoms with E-state index in [1.165, 1.54) is 24.0 Å². The molecule has 1 aromatic carbocycles. The van der Waals surface area contributed by atoms with Crippen LogP contribution >= 0.6 is 0 Å². The Hall–Kier alpha value is -1.06. The number of benzene rings is 1. The molecule has 118 valence electrons. The van der Waals surface area contributed by atoms with E-state index in [0.29, 0.717) is 12.6 Å². The highest BCUT2D eigenvalue weighted by atomic mass is 16.5. The van der Waals surface area contributed by atoms with E-state index in [4.69, 9.17) is 4.74 Å². The Bertz CT molecular complexity index is 461. The fourth-order valence-electron chi connectivity index (χ4n) is 2.49. The molecule has 2 N–H and O–H groups in total. The average molecular weight is 291 g/mol. The Balaban J connectivity index is 1.93. The lowest BCUT2D eigenvalue weighted by molar-refractivity contribution is 0.206. The molecule has 1 aliphatic rings. The molecule has 1 aromatic rings. The Kier molecular flexibility index (Phi) is 5.28. The highest BCUT2D eigenvalue weighted by Crippen LogP contribution is 2.32. The SMILES string of the molecule is Cc1ccc(C(C)(C)C)c(OCCC(CO)NC2CC2)c1. The second-order valence-electron chi connectivity index (χ2n) is 7.21. The van der Waals surface area contributed by atoms with Crippen molar-refractivity contribution in [1.29, 1.82) is 0 Å². The monoisotopic (exact) mass is 291 g/mol. The molecule has 0 heterocycles. The third kappa shape index (κ3) is 5.01. The average Bonchev–Trinajstić information content (AvgIpc) is 3.20. The molecule has 1 saturated carbocycles. The van der Waals surface area contributed by atoms with Crippen LogP contribution in [0.25, 0.3) is 0 Å². The third-order valence-corrected chi connectivity index (χ3v) is 3.94. The normalized spacial score (nSPS) is 16.8. The van der Waals surface area contributed by atoms with Gasteiger partial charge in [-0.2, -0.15) is 0 Å². The summed E-state index contributed by atoms with van der Waals surface area (Å²) in [5.41, 5.74) is 2.53. The summed E-state index contributed by atoms with van der Waals surface area (Å²) in [7, 11) is 0. The van der Waals surface area contributed by atoms with Gasteiger partial charge in [-0.1, -0.05) is 32.9 Å². The largest absolute Gasteiger partial charge is 0.493 e. The highest BCUT2D eigenvalue weighted by molar-refractivity contribution is 5.41. The summed E-state index contributed by atoms with van der Waals surface area (Å²) in [6.07, 6.45) is 3.32. The fourth-order valence-corrected chi connectivity index (χ4v) is 2.49. The van der Waals surface area contributed by atoms with Crippen molar-refractivity contribution in [2.24, 2.45) is 0 Å². The van der Waals surface area contributed by atoms with E-state index in [-0.39, 0.29) is 18.1 Å². The van der Waals surface area contributed by atoms with Gasteiger partial charge in [0.05, 0.1) is 13.2 Å². The lowest BCUT2D eigenvalue weighted by atomic mass is 9.86. The number of rotatable bonds is 7. The minimum absolute atomic E-state index is 0.0751. The van der Waals surface area contributed by atoms with E-state index in [1.54, 1.807) is 0 Å². The molecule has 3 heteroatoms. The smallest absolute Gasteiger partial charge is 0.123 e.